The van der Waals surface area contributed by atoms with Crippen LogP contribution in [0.15, 0.2) is 36.7 Å². The van der Waals surface area contributed by atoms with Gasteiger partial charge in [0.2, 0.25) is 0 Å². The molecule has 0 atom stereocenters. The zero-order valence-electron chi connectivity index (χ0n) is 5.22. The molecule has 0 aliphatic carbocycles. The van der Waals surface area contributed by atoms with Crippen molar-refractivity contribution in [1.82, 2.24) is 5.43 Å². The molecule has 0 aromatic rings. The van der Waals surface area contributed by atoms with Crippen LogP contribution in [0.2, 0.25) is 0 Å². The summed E-state index contributed by atoms with van der Waals surface area (Å²) in [6.45, 7) is 6.92. The number of rotatable bonds is 3. The summed E-state index contributed by atoms with van der Waals surface area (Å²) in [5.74, 6) is 5.05. The van der Waals surface area contributed by atoms with Crippen LogP contribution in [0.1, 0.15) is 0 Å². The van der Waals surface area contributed by atoms with E-state index in [-0.39, 0.29) is 0 Å². The van der Waals surface area contributed by atoms with Crippen LogP contribution in [0.25, 0.3) is 0 Å². The van der Waals surface area contributed by atoms with Gasteiger partial charge in [-0.1, -0.05) is 13.2 Å². The molecule has 50 valence electrons. The third-order valence-electron chi connectivity index (χ3n) is 0.891. The molecule has 5 N–H and O–H groups in total. The van der Waals surface area contributed by atoms with E-state index in [0.29, 0.717) is 11.4 Å². The zero-order chi connectivity index (χ0) is 7.28. The quantitative estimate of drug-likeness (QED) is 0.282. The molecule has 0 rings (SSSR count). The van der Waals surface area contributed by atoms with E-state index in [9.17, 15) is 0 Å². The largest absolute Gasteiger partial charge is 0.397 e. The number of hydrazine groups is 1. The molecule has 3 nitrogen and oxygen atoms in total. The van der Waals surface area contributed by atoms with E-state index in [1.165, 1.54) is 12.2 Å². The van der Waals surface area contributed by atoms with Gasteiger partial charge in [0.1, 0.15) is 0 Å². The topological polar surface area (TPSA) is 64.1 Å². The van der Waals surface area contributed by atoms with Gasteiger partial charge in [-0.25, -0.2) is 0 Å². The fraction of sp³-hybridized carbons (Fsp3) is 0. The monoisotopic (exact) mass is 125 g/mol. The number of nitrogens with two attached hydrogens (primary N) is 2. The van der Waals surface area contributed by atoms with Gasteiger partial charge in [0.05, 0.1) is 11.4 Å². The molecule has 3 heteroatoms. The number of allylic oxidation sites excluding steroid dienone is 2. The second kappa shape index (κ2) is 3.74. The summed E-state index contributed by atoms with van der Waals surface area (Å²) >= 11 is 0. The Bertz CT molecular complexity index is 146. The molecule has 0 spiro atoms. The molecule has 0 aliphatic rings. The molecular formula is C6H11N3. The molecule has 0 aromatic heterocycles. The average molecular weight is 125 g/mol. The van der Waals surface area contributed by atoms with E-state index in [1.54, 1.807) is 0 Å². The third-order valence-corrected chi connectivity index (χ3v) is 0.891. The van der Waals surface area contributed by atoms with Crippen LogP contribution in [-0.4, -0.2) is 0 Å². The van der Waals surface area contributed by atoms with Crippen LogP contribution in [-0.2, 0) is 0 Å². The predicted octanol–water partition coefficient (Wildman–Crippen LogP) is -0.00800. The lowest BCUT2D eigenvalue weighted by molar-refractivity contribution is 0.901. The van der Waals surface area contributed by atoms with E-state index in [4.69, 9.17) is 11.6 Å². The minimum atomic E-state index is 0.493. The minimum absolute atomic E-state index is 0.493. The van der Waals surface area contributed by atoms with Gasteiger partial charge >= 0.3 is 0 Å². The van der Waals surface area contributed by atoms with Crippen LogP contribution in [0.4, 0.5) is 0 Å². The summed E-state index contributed by atoms with van der Waals surface area (Å²) in [6.07, 6.45) is 3.02. The Hall–Kier alpha value is -1.22. The maximum Gasteiger partial charge on any atom is 0.0709 e. The summed E-state index contributed by atoms with van der Waals surface area (Å²) in [5.41, 5.74) is 8.83. The van der Waals surface area contributed by atoms with Crippen LogP contribution in [0.3, 0.4) is 0 Å². The van der Waals surface area contributed by atoms with E-state index in [0.717, 1.165) is 0 Å². The molecule has 0 amide bonds. The van der Waals surface area contributed by atoms with Crippen molar-refractivity contribution in [1.29, 1.82) is 0 Å². The Balaban J connectivity index is 4.36. The maximum atomic E-state index is 5.39. The summed E-state index contributed by atoms with van der Waals surface area (Å²) in [7, 11) is 0. The van der Waals surface area contributed by atoms with Crippen LogP contribution in [0.5, 0.6) is 0 Å². The fourth-order valence-electron chi connectivity index (χ4n) is 0.370. The predicted molar refractivity (Wildman–Crippen MR) is 38.9 cm³/mol. The Labute approximate surface area is 54.7 Å². The van der Waals surface area contributed by atoms with Gasteiger partial charge in [0.25, 0.3) is 0 Å². The SMILES string of the molecule is C=C/C(N)=C(\C=C)NN. The van der Waals surface area contributed by atoms with Crippen LogP contribution < -0.4 is 17.0 Å². The minimum Gasteiger partial charge on any atom is -0.397 e. The van der Waals surface area contributed by atoms with Crippen molar-refractivity contribution in [3.63, 3.8) is 0 Å². The van der Waals surface area contributed by atoms with E-state index >= 15 is 0 Å². The molecule has 0 bridgehead atoms. The summed E-state index contributed by atoms with van der Waals surface area (Å²) in [6, 6.07) is 0. The molecular weight excluding hydrogens is 114 g/mol. The average Bonchev–Trinajstić information content (AvgIpc) is 1.90. The molecule has 0 aromatic carbocycles. The van der Waals surface area contributed by atoms with Crippen molar-refractivity contribution >= 4 is 0 Å². The van der Waals surface area contributed by atoms with Crippen molar-refractivity contribution in [2.24, 2.45) is 11.6 Å². The molecule has 0 saturated carbocycles. The first-order chi connectivity index (χ1) is 4.26. The van der Waals surface area contributed by atoms with Gasteiger partial charge in [-0.15, -0.1) is 0 Å². The highest BCUT2D eigenvalue weighted by Gasteiger charge is 1.88. The smallest absolute Gasteiger partial charge is 0.0709 e. The van der Waals surface area contributed by atoms with Crippen LogP contribution in [0, 0.1) is 0 Å². The molecule has 0 unspecified atom stereocenters. The van der Waals surface area contributed by atoms with Gasteiger partial charge < -0.3 is 11.2 Å². The standard InChI is InChI=1S/C6H11N3/c1-3-5(7)6(4-2)9-8/h3-4,9H,1-2,7-8H2/b6-5-. The Morgan fingerprint density at radius 3 is 2.00 bits per heavy atom. The van der Waals surface area contributed by atoms with Crippen molar-refractivity contribution < 1.29 is 0 Å². The Morgan fingerprint density at radius 2 is 1.89 bits per heavy atom. The second-order valence-electron chi connectivity index (χ2n) is 1.42. The zero-order valence-corrected chi connectivity index (χ0v) is 5.22. The molecule has 0 radical (unpaired) electrons. The maximum absolute atomic E-state index is 5.39. The number of nitrogens with one attached hydrogen (secondary N) is 1. The van der Waals surface area contributed by atoms with E-state index < -0.39 is 0 Å². The highest BCUT2D eigenvalue weighted by molar-refractivity contribution is 5.26. The summed E-state index contributed by atoms with van der Waals surface area (Å²) in [5, 5.41) is 0. The lowest BCUT2D eigenvalue weighted by Crippen LogP contribution is -2.22. The van der Waals surface area contributed by atoms with Gasteiger partial charge in [-0.3, -0.25) is 5.84 Å². The fourth-order valence-corrected chi connectivity index (χ4v) is 0.370. The highest BCUT2D eigenvalue weighted by Crippen LogP contribution is 1.93. The van der Waals surface area contributed by atoms with Gasteiger partial charge in [0.15, 0.2) is 0 Å². The molecule has 0 saturated heterocycles. The number of hydrogen-bond acceptors (Lipinski definition) is 3. The van der Waals surface area contributed by atoms with Gasteiger partial charge in [-0.05, 0) is 12.2 Å². The summed E-state index contributed by atoms with van der Waals surface area (Å²) in [4.78, 5) is 0. The van der Waals surface area contributed by atoms with E-state index in [2.05, 4.69) is 18.6 Å². The Kier molecular flexibility index (Phi) is 3.23. The second-order valence-corrected chi connectivity index (χ2v) is 1.42. The first-order valence-electron chi connectivity index (χ1n) is 2.47. The Morgan fingerprint density at radius 1 is 1.33 bits per heavy atom. The van der Waals surface area contributed by atoms with Crippen molar-refractivity contribution in [3.05, 3.63) is 36.7 Å². The van der Waals surface area contributed by atoms with Crippen molar-refractivity contribution in [2.45, 2.75) is 0 Å². The molecule has 0 fully saturated rings. The van der Waals surface area contributed by atoms with Gasteiger partial charge in [0, 0.05) is 0 Å². The van der Waals surface area contributed by atoms with Gasteiger partial charge in [-0.2, -0.15) is 0 Å². The lowest BCUT2D eigenvalue weighted by atomic mass is 10.3. The third kappa shape index (κ3) is 2.01. The van der Waals surface area contributed by atoms with Crippen LogP contribution >= 0.6 is 0 Å². The molecule has 0 heterocycles. The molecule has 0 aliphatic heterocycles. The highest BCUT2D eigenvalue weighted by atomic mass is 15.2. The van der Waals surface area contributed by atoms with Crippen molar-refractivity contribution in [2.75, 3.05) is 0 Å². The number of hydrogen-bond donors (Lipinski definition) is 3. The first-order valence-corrected chi connectivity index (χ1v) is 2.47. The lowest BCUT2D eigenvalue weighted by Gasteiger charge is -2.00. The first kappa shape index (κ1) is 7.78. The van der Waals surface area contributed by atoms with Crippen molar-refractivity contribution in [3.8, 4) is 0 Å². The normalized spacial score (nSPS) is 11.7. The summed E-state index contributed by atoms with van der Waals surface area (Å²) < 4.78 is 0. The van der Waals surface area contributed by atoms with E-state index in [1.807, 2.05) is 0 Å². The molecule has 9 heavy (non-hydrogen) atoms.